The first-order chi connectivity index (χ1) is 9.70. The van der Waals surface area contributed by atoms with Crippen LogP contribution in [-0.2, 0) is 6.54 Å². The van der Waals surface area contributed by atoms with E-state index in [0.717, 1.165) is 5.56 Å². The minimum absolute atomic E-state index is 0.106. The first-order valence-corrected chi connectivity index (χ1v) is 6.30. The molecule has 0 fully saturated rings. The third kappa shape index (κ3) is 1.96. The van der Waals surface area contributed by atoms with Gasteiger partial charge in [-0.2, -0.15) is 5.26 Å². The lowest BCUT2D eigenvalue weighted by atomic mass is 10.1. The summed E-state index contributed by atoms with van der Waals surface area (Å²) < 4.78 is 1.34. The Hall–Kier alpha value is -2.58. The van der Waals surface area contributed by atoms with Crippen LogP contribution in [0.15, 0.2) is 41.3 Å². The van der Waals surface area contributed by atoms with Gasteiger partial charge in [-0.3, -0.25) is 9.36 Å². The summed E-state index contributed by atoms with van der Waals surface area (Å²) in [5.41, 5.74) is 1.93. The van der Waals surface area contributed by atoms with Gasteiger partial charge in [-0.15, -0.1) is 0 Å². The Kier molecular flexibility index (Phi) is 3.01. The second-order valence-corrected chi connectivity index (χ2v) is 4.62. The summed E-state index contributed by atoms with van der Waals surface area (Å²) in [6, 6.07) is 10.9. The molecule has 0 atom stereocenters. The van der Waals surface area contributed by atoms with Gasteiger partial charge in [0.15, 0.2) is 0 Å². The highest BCUT2D eigenvalue weighted by atomic mass is 35.5. The van der Waals surface area contributed by atoms with Gasteiger partial charge in [0.05, 0.1) is 23.7 Å². The molecular formula is C14H9ClN4O. The fourth-order valence-corrected chi connectivity index (χ4v) is 2.31. The van der Waals surface area contributed by atoms with E-state index in [-0.39, 0.29) is 17.4 Å². The fourth-order valence-electron chi connectivity index (χ4n) is 2.08. The van der Waals surface area contributed by atoms with E-state index in [1.807, 2.05) is 6.07 Å². The van der Waals surface area contributed by atoms with Gasteiger partial charge in [0.1, 0.15) is 5.52 Å². The molecule has 3 rings (SSSR count). The number of nitriles is 1. The lowest BCUT2D eigenvalue weighted by molar-refractivity contribution is 0.747. The van der Waals surface area contributed by atoms with Gasteiger partial charge < -0.3 is 4.98 Å². The van der Waals surface area contributed by atoms with Gasteiger partial charge >= 0.3 is 0 Å². The molecule has 0 saturated heterocycles. The number of benzene rings is 1. The summed E-state index contributed by atoms with van der Waals surface area (Å²) >= 11 is 6.07. The van der Waals surface area contributed by atoms with Gasteiger partial charge in [-0.1, -0.05) is 18.2 Å². The molecule has 0 saturated carbocycles. The van der Waals surface area contributed by atoms with Crippen molar-refractivity contribution in [2.75, 3.05) is 0 Å². The maximum absolute atomic E-state index is 12.3. The Morgan fingerprint density at radius 1 is 1.35 bits per heavy atom. The number of hydrogen-bond donors (Lipinski definition) is 1. The minimum Gasteiger partial charge on any atom is -0.355 e. The number of fused-ring (bicyclic) bond motifs is 1. The predicted octanol–water partition coefficient (Wildman–Crippen LogP) is 2.30. The minimum atomic E-state index is -0.252. The normalized spacial score (nSPS) is 10.6. The van der Waals surface area contributed by atoms with Gasteiger partial charge in [0, 0.05) is 6.20 Å². The second-order valence-electron chi connectivity index (χ2n) is 4.28. The van der Waals surface area contributed by atoms with Crippen LogP contribution in [0.1, 0.15) is 11.1 Å². The summed E-state index contributed by atoms with van der Waals surface area (Å²) in [5, 5.41) is 9.19. The summed E-state index contributed by atoms with van der Waals surface area (Å²) in [5.74, 6) is 0. The van der Waals surface area contributed by atoms with Crippen molar-refractivity contribution in [1.29, 1.82) is 5.26 Å². The molecule has 0 aliphatic heterocycles. The smallest absolute Gasteiger partial charge is 0.279 e. The quantitative estimate of drug-likeness (QED) is 0.734. The summed E-state index contributed by atoms with van der Waals surface area (Å²) in [6.07, 6.45) is 1.64. The first kappa shape index (κ1) is 12.5. The lowest BCUT2D eigenvalue weighted by Gasteiger charge is -2.09. The van der Waals surface area contributed by atoms with Gasteiger partial charge in [0.2, 0.25) is 5.28 Å². The number of halogens is 1. The predicted molar refractivity (Wildman–Crippen MR) is 75.6 cm³/mol. The number of hydrogen-bond acceptors (Lipinski definition) is 3. The Bertz CT molecular complexity index is 888. The third-order valence-corrected chi connectivity index (χ3v) is 3.37. The third-order valence-electron chi connectivity index (χ3n) is 3.09. The van der Waals surface area contributed by atoms with Gasteiger partial charge in [-0.25, -0.2) is 4.98 Å². The van der Waals surface area contributed by atoms with Crippen LogP contribution < -0.4 is 5.56 Å². The molecule has 0 unspecified atom stereocenters. The zero-order chi connectivity index (χ0) is 14.1. The fraction of sp³-hybridized carbons (Fsp3) is 0.0714. The molecule has 0 spiro atoms. The van der Waals surface area contributed by atoms with E-state index < -0.39 is 0 Å². The van der Waals surface area contributed by atoms with E-state index >= 15 is 0 Å². The van der Waals surface area contributed by atoms with Gasteiger partial charge in [-0.05, 0) is 29.3 Å². The average molecular weight is 285 g/mol. The van der Waals surface area contributed by atoms with E-state index in [9.17, 15) is 4.79 Å². The van der Waals surface area contributed by atoms with Crippen LogP contribution in [0.25, 0.3) is 11.0 Å². The van der Waals surface area contributed by atoms with Crippen molar-refractivity contribution in [1.82, 2.24) is 14.5 Å². The highest BCUT2D eigenvalue weighted by molar-refractivity contribution is 6.28. The van der Waals surface area contributed by atoms with E-state index in [2.05, 4.69) is 16.0 Å². The Labute approximate surface area is 119 Å². The number of nitrogens with zero attached hydrogens (tertiary/aromatic N) is 3. The standard InChI is InChI=1S/C14H9ClN4O/c15-14-18-11-5-6-17-12(11)13(20)19(14)8-10-4-2-1-3-9(10)7-16/h1-6,17H,8H2. The van der Waals surface area contributed by atoms with Crippen LogP contribution >= 0.6 is 11.6 Å². The summed E-state index contributed by atoms with van der Waals surface area (Å²) in [4.78, 5) is 19.4. The number of H-pyrrole nitrogens is 1. The van der Waals surface area contributed by atoms with Crippen molar-refractivity contribution >= 4 is 22.6 Å². The van der Waals surface area contributed by atoms with E-state index in [0.29, 0.717) is 16.6 Å². The van der Waals surface area contributed by atoms with Crippen LogP contribution in [0.5, 0.6) is 0 Å². The SMILES string of the molecule is N#Cc1ccccc1Cn1c(Cl)nc2cc[nH]c2c1=O. The molecule has 5 nitrogen and oxygen atoms in total. The molecule has 20 heavy (non-hydrogen) atoms. The van der Waals surface area contributed by atoms with Crippen molar-refractivity contribution in [2.24, 2.45) is 0 Å². The Balaban J connectivity index is 2.16. The monoisotopic (exact) mass is 284 g/mol. The van der Waals surface area contributed by atoms with Gasteiger partial charge in [0.25, 0.3) is 5.56 Å². The molecular weight excluding hydrogens is 276 g/mol. The first-order valence-electron chi connectivity index (χ1n) is 5.92. The van der Waals surface area contributed by atoms with Crippen LogP contribution in [0.4, 0.5) is 0 Å². The van der Waals surface area contributed by atoms with Crippen molar-refractivity contribution in [3.05, 3.63) is 63.3 Å². The molecule has 2 heterocycles. The molecule has 0 aliphatic rings. The lowest BCUT2D eigenvalue weighted by Crippen LogP contribution is -2.23. The highest BCUT2D eigenvalue weighted by Crippen LogP contribution is 2.14. The van der Waals surface area contributed by atoms with E-state index in [1.165, 1.54) is 4.57 Å². The molecule has 1 aromatic carbocycles. The van der Waals surface area contributed by atoms with Crippen LogP contribution in [0.2, 0.25) is 5.28 Å². The van der Waals surface area contributed by atoms with Crippen molar-refractivity contribution in [3.8, 4) is 6.07 Å². The molecule has 0 bridgehead atoms. The van der Waals surface area contributed by atoms with E-state index in [4.69, 9.17) is 16.9 Å². The molecule has 0 radical (unpaired) electrons. The molecule has 1 N–H and O–H groups in total. The largest absolute Gasteiger partial charge is 0.355 e. The molecule has 98 valence electrons. The maximum Gasteiger partial charge on any atom is 0.279 e. The number of aromatic nitrogens is 3. The molecule has 3 aromatic rings. The zero-order valence-corrected chi connectivity index (χ0v) is 11.1. The van der Waals surface area contributed by atoms with Crippen LogP contribution in [0, 0.1) is 11.3 Å². The van der Waals surface area contributed by atoms with Crippen molar-refractivity contribution < 1.29 is 0 Å². The topological polar surface area (TPSA) is 74.5 Å². The summed E-state index contributed by atoms with van der Waals surface area (Å²) in [6.45, 7) is 0.212. The molecule has 0 amide bonds. The molecule has 6 heteroatoms. The maximum atomic E-state index is 12.3. The highest BCUT2D eigenvalue weighted by Gasteiger charge is 2.12. The van der Waals surface area contributed by atoms with E-state index in [1.54, 1.807) is 30.5 Å². The Morgan fingerprint density at radius 2 is 2.15 bits per heavy atom. The number of aromatic amines is 1. The van der Waals surface area contributed by atoms with Crippen molar-refractivity contribution in [2.45, 2.75) is 6.54 Å². The molecule has 2 aromatic heterocycles. The zero-order valence-electron chi connectivity index (χ0n) is 10.3. The Morgan fingerprint density at radius 3 is 2.95 bits per heavy atom. The number of nitrogens with one attached hydrogen (secondary N) is 1. The number of rotatable bonds is 2. The van der Waals surface area contributed by atoms with Crippen LogP contribution in [-0.4, -0.2) is 14.5 Å². The summed E-state index contributed by atoms with van der Waals surface area (Å²) in [7, 11) is 0. The molecule has 0 aliphatic carbocycles. The van der Waals surface area contributed by atoms with Crippen LogP contribution in [0.3, 0.4) is 0 Å². The average Bonchev–Trinajstić information content (AvgIpc) is 2.92. The van der Waals surface area contributed by atoms with Crippen molar-refractivity contribution in [3.63, 3.8) is 0 Å². The second kappa shape index (κ2) is 4.83.